The van der Waals surface area contributed by atoms with Crippen LogP contribution in [0.4, 0.5) is 0 Å². The third-order valence-electron chi connectivity index (χ3n) is 3.19. The van der Waals surface area contributed by atoms with E-state index in [-0.39, 0.29) is 12.5 Å². The van der Waals surface area contributed by atoms with Crippen molar-refractivity contribution in [3.8, 4) is 5.82 Å². The number of hydrogen-bond donors (Lipinski definition) is 2. The SMILES string of the molecule is COCC(N)C(=O)NCc1ccc(-n2nc(C)cc2C)nc1. The quantitative estimate of drug-likeness (QED) is 0.809. The Bertz CT molecular complexity index is 636. The van der Waals surface area contributed by atoms with Crippen LogP contribution in [0.25, 0.3) is 5.82 Å². The molecule has 0 saturated heterocycles. The molecule has 2 aromatic heterocycles. The molecule has 22 heavy (non-hydrogen) atoms. The average molecular weight is 303 g/mol. The van der Waals surface area contributed by atoms with Crippen molar-refractivity contribution in [3.63, 3.8) is 0 Å². The molecule has 0 spiro atoms. The van der Waals surface area contributed by atoms with Gasteiger partial charge in [0.05, 0.1) is 12.3 Å². The van der Waals surface area contributed by atoms with Crippen molar-refractivity contribution in [3.05, 3.63) is 41.3 Å². The lowest BCUT2D eigenvalue weighted by atomic mass is 10.2. The third-order valence-corrected chi connectivity index (χ3v) is 3.19. The van der Waals surface area contributed by atoms with E-state index in [1.807, 2.05) is 32.0 Å². The first kappa shape index (κ1) is 16.1. The fourth-order valence-electron chi connectivity index (χ4n) is 2.08. The van der Waals surface area contributed by atoms with Gasteiger partial charge in [-0.3, -0.25) is 4.79 Å². The zero-order chi connectivity index (χ0) is 16.1. The maximum atomic E-state index is 11.7. The minimum absolute atomic E-state index is 0.195. The number of ether oxygens (including phenoxy) is 1. The van der Waals surface area contributed by atoms with E-state index in [0.717, 1.165) is 22.8 Å². The number of nitrogens with one attached hydrogen (secondary N) is 1. The molecular weight excluding hydrogens is 282 g/mol. The van der Waals surface area contributed by atoms with Gasteiger partial charge in [-0.05, 0) is 31.5 Å². The number of nitrogens with two attached hydrogens (primary N) is 1. The van der Waals surface area contributed by atoms with Gasteiger partial charge >= 0.3 is 0 Å². The molecule has 0 aromatic carbocycles. The van der Waals surface area contributed by atoms with E-state index < -0.39 is 6.04 Å². The molecule has 2 aromatic rings. The number of pyridine rings is 1. The first-order valence-corrected chi connectivity index (χ1v) is 7.02. The number of amides is 1. The fraction of sp³-hybridized carbons (Fsp3) is 0.400. The second-order valence-electron chi connectivity index (χ2n) is 5.14. The molecule has 0 aliphatic rings. The summed E-state index contributed by atoms with van der Waals surface area (Å²) in [5, 5.41) is 7.13. The number of nitrogens with zero attached hydrogens (tertiary/aromatic N) is 3. The molecule has 7 nitrogen and oxygen atoms in total. The molecule has 2 heterocycles. The monoisotopic (exact) mass is 303 g/mol. The van der Waals surface area contributed by atoms with Crippen LogP contribution in [0.5, 0.6) is 0 Å². The number of aryl methyl sites for hydroxylation is 2. The highest BCUT2D eigenvalue weighted by Gasteiger charge is 2.12. The molecule has 7 heteroatoms. The summed E-state index contributed by atoms with van der Waals surface area (Å²) in [5.41, 5.74) is 8.51. The Balaban J connectivity index is 1.98. The van der Waals surface area contributed by atoms with Crippen LogP contribution in [-0.2, 0) is 16.1 Å². The molecule has 0 fully saturated rings. The molecule has 1 unspecified atom stereocenters. The van der Waals surface area contributed by atoms with Gasteiger partial charge in [0.2, 0.25) is 5.91 Å². The van der Waals surface area contributed by atoms with Gasteiger partial charge < -0.3 is 15.8 Å². The Morgan fingerprint density at radius 3 is 2.77 bits per heavy atom. The highest BCUT2D eigenvalue weighted by atomic mass is 16.5. The Morgan fingerprint density at radius 2 is 2.23 bits per heavy atom. The lowest BCUT2D eigenvalue weighted by molar-refractivity contribution is -0.123. The van der Waals surface area contributed by atoms with Gasteiger partial charge in [-0.1, -0.05) is 6.07 Å². The minimum atomic E-state index is -0.660. The van der Waals surface area contributed by atoms with Gasteiger partial charge in [0, 0.05) is 25.5 Å². The Kier molecular flexibility index (Phi) is 5.24. The highest BCUT2D eigenvalue weighted by molar-refractivity contribution is 5.81. The van der Waals surface area contributed by atoms with Crippen LogP contribution in [0.15, 0.2) is 24.4 Å². The van der Waals surface area contributed by atoms with Crippen molar-refractivity contribution < 1.29 is 9.53 Å². The number of hydrogen-bond acceptors (Lipinski definition) is 5. The van der Waals surface area contributed by atoms with Crippen molar-refractivity contribution >= 4 is 5.91 Å². The summed E-state index contributed by atoms with van der Waals surface area (Å²) < 4.78 is 6.63. The number of aromatic nitrogens is 3. The summed E-state index contributed by atoms with van der Waals surface area (Å²) in [5.74, 6) is 0.501. The summed E-state index contributed by atoms with van der Waals surface area (Å²) in [7, 11) is 1.51. The molecule has 0 aliphatic carbocycles. The minimum Gasteiger partial charge on any atom is -0.383 e. The van der Waals surface area contributed by atoms with Gasteiger partial charge in [0.25, 0.3) is 0 Å². The maximum absolute atomic E-state index is 11.7. The lowest BCUT2D eigenvalue weighted by Crippen LogP contribution is -2.43. The van der Waals surface area contributed by atoms with Gasteiger partial charge in [-0.2, -0.15) is 5.10 Å². The maximum Gasteiger partial charge on any atom is 0.239 e. The first-order valence-electron chi connectivity index (χ1n) is 7.02. The number of methoxy groups -OCH3 is 1. The van der Waals surface area contributed by atoms with Crippen LogP contribution in [0, 0.1) is 13.8 Å². The molecule has 118 valence electrons. The summed E-state index contributed by atoms with van der Waals surface area (Å²) in [6.07, 6.45) is 1.72. The van der Waals surface area contributed by atoms with Crippen LogP contribution >= 0.6 is 0 Å². The molecule has 1 amide bonds. The topological polar surface area (TPSA) is 95.1 Å². The van der Waals surface area contributed by atoms with Crippen LogP contribution < -0.4 is 11.1 Å². The summed E-state index contributed by atoms with van der Waals surface area (Å²) >= 11 is 0. The number of carbonyl (C=O) groups is 1. The molecule has 3 N–H and O–H groups in total. The van der Waals surface area contributed by atoms with E-state index in [0.29, 0.717) is 6.54 Å². The molecule has 1 atom stereocenters. The Labute approximate surface area is 129 Å². The van der Waals surface area contributed by atoms with E-state index in [1.165, 1.54) is 7.11 Å². The largest absolute Gasteiger partial charge is 0.383 e. The van der Waals surface area contributed by atoms with E-state index in [1.54, 1.807) is 10.9 Å². The zero-order valence-corrected chi connectivity index (χ0v) is 13.0. The molecular formula is C15H21N5O2. The fourth-order valence-corrected chi connectivity index (χ4v) is 2.08. The summed E-state index contributed by atoms with van der Waals surface area (Å²) in [6.45, 7) is 4.49. The van der Waals surface area contributed by atoms with Crippen molar-refractivity contribution in [1.29, 1.82) is 0 Å². The number of carbonyl (C=O) groups excluding carboxylic acids is 1. The van der Waals surface area contributed by atoms with Crippen LogP contribution in [0.3, 0.4) is 0 Å². The van der Waals surface area contributed by atoms with E-state index in [4.69, 9.17) is 10.5 Å². The Hall–Kier alpha value is -2.25. The van der Waals surface area contributed by atoms with Crippen LogP contribution in [0.1, 0.15) is 17.0 Å². The van der Waals surface area contributed by atoms with Crippen LogP contribution in [-0.4, -0.2) is 40.4 Å². The van der Waals surface area contributed by atoms with E-state index in [2.05, 4.69) is 15.4 Å². The van der Waals surface area contributed by atoms with Gasteiger partial charge in [-0.15, -0.1) is 0 Å². The standard InChI is InChI=1S/C15H21N5O2/c1-10-6-11(2)20(19-10)14-5-4-12(7-17-14)8-18-15(21)13(16)9-22-3/h4-7,13H,8-9,16H2,1-3H3,(H,18,21). The summed E-state index contributed by atoms with van der Waals surface area (Å²) in [4.78, 5) is 16.1. The average Bonchev–Trinajstić information content (AvgIpc) is 2.84. The van der Waals surface area contributed by atoms with E-state index >= 15 is 0 Å². The smallest absolute Gasteiger partial charge is 0.239 e. The van der Waals surface area contributed by atoms with Crippen LogP contribution in [0.2, 0.25) is 0 Å². The molecule has 0 bridgehead atoms. The van der Waals surface area contributed by atoms with E-state index in [9.17, 15) is 4.79 Å². The van der Waals surface area contributed by atoms with Crippen molar-refractivity contribution in [2.75, 3.05) is 13.7 Å². The zero-order valence-electron chi connectivity index (χ0n) is 13.0. The predicted molar refractivity (Wildman–Crippen MR) is 82.5 cm³/mol. The van der Waals surface area contributed by atoms with Gasteiger partial charge in [-0.25, -0.2) is 9.67 Å². The summed E-state index contributed by atoms with van der Waals surface area (Å²) in [6, 6.07) is 5.11. The van der Waals surface area contributed by atoms with Gasteiger partial charge in [0.1, 0.15) is 6.04 Å². The predicted octanol–water partition coefficient (Wildman–Crippen LogP) is 0.474. The molecule has 2 rings (SSSR count). The molecule has 0 radical (unpaired) electrons. The Morgan fingerprint density at radius 1 is 1.45 bits per heavy atom. The molecule has 0 saturated carbocycles. The third kappa shape index (κ3) is 3.90. The normalized spacial score (nSPS) is 12.2. The highest BCUT2D eigenvalue weighted by Crippen LogP contribution is 2.10. The van der Waals surface area contributed by atoms with Gasteiger partial charge in [0.15, 0.2) is 5.82 Å². The first-order chi connectivity index (χ1) is 10.5. The second kappa shape index (κ2) is 7.15. The number of rotatable bonds is 6. The van der Waals surface area contributed by atoms with Crippen molar-refractivity contribution in [2.45, 2.75) is 26.4 Å². The lowest BCUT2D eigenvalue weighted by Gasteiger charge is -2.11. The van der Waals surface area contributed by atoms with Crippen molar-refractivity contribution in [1.82, 2.24) is 20.1 Å². The molecule has 0 aliphatic heterocycles. The van der Waals surface area contributed by atoms with Crippen molar-refractivity contribution in [2.24, 2.45) is 5.73 Å². The second-order valence-corrected chi connectivity index (χ2v) is 5.14.